The lowest BCUT2D eigenvalue weighted by Gasteiger charge is -2.25. The fourth-order valence-corrected chi connectivity index (χ4v) is 3.40. The highest BCUT2D eigenvalue weighted by atomic mass is 16.5. The Morgan fingerprint density at radius 3 is 2.38 bits per heavy atom. The van der Waals surface area contributed by atoms with E-state index in [4.69, 9.17) is 19.2 Å². The lowest BCUT2D eigenvalue weighted by atomic mass is 10.1. The van der Waals surface area contributed by atoms with E-state index < -0.39 is 0 Å². The zero-order valence-corrected chi connectivity index (χ0v) is 18.4. The van der Waals surface area contributed by atoms with Crippen LogP contribution >= 0.6 is 0 Å². The number of rotatable bonds is 12. The molecule has 1 saturated carbocycles. The second-order valence-electron chi connectivity index (χ2n) is 7.62. The van der Waals surface area contributed by atoms with Crippen LogP contribution < -0.4 is 9.80 Å². The molecule has 9 nitrogen and oxygen atoms in total. The van der Waals surface area contributed by atoms with Crippen LogP contribution in [0.1, 0.15) is 64.6 Å². The van der Waals surface area contributed by atoms with Gasteiger partial charge in [0.1, 0.15) is 26.0 Å². The average molecular weight is 410 g/mol. The number of methoxy groups -OCH3 is 2. The first-order chi connectivity index (χ1) is 14.0. The van der Waals surface area contributed by atoms with E-state index in [-0.39, 0.29) is 25.3 Å². The number of nitrogens with zero attached hydrogens (tertiary/aromatic N) is 5. The van der Waals surface area contributed by atoms with Crippen molar-refractivity contribution in [1.82, 2.24) is 15.0 Å². The lowest BCUT2D eigenvalue weighted by molar-refractivity contribution is -0.117. The summed E-state index contributed by atoms with van der Waals surface area (Å²) < 4.78 is 16.3. The van der Waals surface area contributed by atoms with Crippen molar-refractivity contribution in [3.05, 3.63) is 5.82 Å². The zero-order chi connectivity index (χ0) is 21.2. The summed E-state index contributed by atoms with van der Waals surface area (Å²) in [5, 5.41) is 0. The maximum Gasteiger partial charge on any atom is 0.239 e. The Labute approximate surface area is 173 Å². The van der Waals surface area contributed by atoms with Crippen molar-refractivity contribution in [1.29, 1.82) is 0 Å². The molecule has 1 aromatic rings. The minimum atomic E-state index is -0.188. The predicted molar refractivity (Wildman–Crippen MR) is 111 cm³/mol. The van der Waals surface area contributed by atoms with Crippen molar-refractivity contribution < 1.29 is 19.0 Å². The molecule has 1 heterocycles. The van der Waals surface area contributed by atoms with E-state index >= 15 is 0 Å². The average Bonchev–Trinajstić information content (AvgIpc) is 3.14. The van der Waals surface area contributed by atoms with Gasteiger partial charge in [-0.3, -0.25) is 14.6 Å². The third-order valence-corrected chi connectivity index (χ3v) is 5.03. The molecule has 0 N–H and O–H groups in total. The molecule has 0 bridgehead atoms. The van der Waals surface area contributed by atoms with Gasteiger partial charge in [-0.25, -0.2) is 0 Å². The summed E-state index contributed by atoms with van der Waals surface area (Å²) in [6.45, 7) is 7.16. The molecule has 2 atom stereocenters. The van der Waals surface area contributed by atoms with Crippen LogP contribution in [0, 0.1) is 5.92 Å². The van der Waals surface area contributed by atoms with Gasteiger partial charge in [0.2, 0.25) is 17.8 Å². The highest BCUT2D eigenvalue weighted by Crippen LogP contribution is 2.37. The predicted octanol–water partition coefficient (Wildman–Crippen LogP) is 2.92. The van der Waals surface area contributed by atoms with E-state index in [1.165, 1.54) is 18.9 Å². The van der Waals surface area contributed by atoms with Crippen LogP contribution in [0.2, 0.25) is 0 Å². The maximum atomic E-state index is 12.2. The van der Waals surface area contributed by atoms with E-state index in [1.807, 2.05) is 4.90 Å². The molecule has 1 aliphatic carbocycles. The summed E-state index contributed by atoms with van der Waals surface area (Å²) in [5.41, 5.74) is 0. The van der Waals surface area contributed by atoms with Gasteiger partial charge >= 0.3 is 0 Å². The maximum absolute atomic E-state index is 12.2. The van der Waals surface area contributed by atoms with Gasteiger partial charge in [-0.1, -0.05) is 20.3 Å². The molecule has 9 heteroatoms. The molecule has 0 spiro atoms. The van der Waals surface area contributed by atoms with E-state index in [0.717, 1.165) is 32.1 Å². The Balaban J connectivity index is 2.36. The van der Waals surface area contributed by atoms with Crippen LogP contribution in [0.4, 0.5) is 11.9 Å². The fraction of sp³-hybridized carbons (Fsp3) is 0.800. The van der Waals surface area contributed by atoms with E-state index in [9.17, 15) is 4.79 Å². The standard InChI is InChI=1S/C20H35N5O4/c1-6-7-10-29-13-24(12-27-4)19-21-18(17-9-8-15(2)11-17)22-20(23-19)25(14-28-5)16(3)26/h15,17H,6-14H2,1-5H3. The number of hydrogen-bond donors (Lipinski definition) is 0. The number of aromatic nitrogens is 3. The Morgan fingerprint density at radius 2 is 1.79 bits per heavy atom. The van der Waals surface area contributed by atoms with Crippen molar-refractivity contribution >= 4 is 17.8 Å². The topological polar surface area (TPSA) is 89.9 Å². The van der Waals surface area contributed by atoms with E-state index in [0.29, 0.717) is 37.0 Å². The fourth-order valence-electron chi connectivity index (χ4n) is 3.40. The van der Waals surface area contributed by atoms with Gasteiger partial charge in [0.15, 0.2) is 0 Å². The van der Waals surface area contributed by atoms with Crippen LogP contribution in [-0.2, 0) is 19.0 Å². The summed E-state index contributed by atoms with van der Waals surface area (Å²) in [6.07, 6.45) is 5.27. The number of carbonyl (C=O) groups is 1. The number of amides is 1. The first-order valence-corrected chi connectivity index (χ1v) is 10.3. The second kappa shape index (κ2) is 12.0. The van der Waals surface area contributed by atoms with Crippen LogP contribution in [0.3, 0.4) is 0 Å². The molecule has 1 aliphatic rings. The van der Waals surface area contributed by atoms with Crippen molar-refractivity contribution in [3.8, 4) is 0 Å². The Bertz CT molecular complexity index is 645. The van der Waals surface area contributed by atoms with E-state index in [2.05, 4.69) is 23.8 Å². The van der Waals surface area contributed by atoms with Crippen LogP contribution in [0.5, 0.6) is 0 Å². The number of hydrogen-bond acceptors (Lipinski definition) is 8. The van der Waals surface area contributed by atoms with E-state index in [1.54, 1.807) is 7.11 Å². The molecule has 0 aliphatic heterocycles. The minimum Gasteiger partial charge on any atom is -0.364 e. The lowest BCUT2D eigenvalue weighted by Crippen LogP contribution is -2.35. The van der Waals surface area contributed by atoms with Gasteiger partial charge in [-0.2, -0.15) is 15.0 Å². The molecule has 164 valence electrons. The monoisotopic (exact) mass is 409 g/mol. The largest absolute Gasteiger partial charge is 0.364 e. The van der Waals surface area contributed by atoms with Crippen LogP contribution in [0.15, 0.2) is 0 Å². The molecular weight excluding hydrogens is 374 g/mol. The molecule has 29 heavy (non-hydrogen) atoms. The third-order valence-electron chi connectivity index (χ3n) is 5.03. The normalized spacial score (nSPS) is 18.8. The quantitative estimate of drug-likeness (QED) is 0.384. The number of anilines is 2. The molecule has 2 unspecified atom stereocenters. The van der Waals surface area contributed by atoms with Gasteiger partial charge < -0.3 is 14.2 Å². The summed E-state index contributed by atoms with van der Waals surface area (Å²) in [5.74, 6) is 2.17. The summed E-state index contributed by atoms with van der Waals surface area (Å²) in [7, 11) is 3.16. The number of carbonyl (C=O) groups excluding carboxylic acids is 1. The SMILES string of the molecule is CCCCOCN(COC)c1nc(C2CCC(C)C2)nc(N(COC)C(C)=O)n1. The molecule has 2 rings (SSSR count). The smallest absolute Gasteiger partial charge is 0.239 e. The molecule has 1 amide bonds. The van der Waals surface area contributed by atoms with Crippen molar-refractivity contribution in [3.63, 3.8) is 0 Å². The number of ether oxygens (including phenoxy) is 3. The van der Waals surface area contributed by atoms with Gasteiger partial charge in [-0.05, 0) is 31.6 Å². The Morgan fingerprint density at radius 1 is 1.07 bits per heavy atom. The van der Waals surface area contributed by atoms with Crippen molar-refractivity contribution in [2.45, 2.75) is 58.8 Å². The van der Waals surface area contributed by atoms with Gasteiger partial charge in [-0.15, -0.1) is 0 Å². The zero-order valence-electron chi connectivity index (χ0n) is 18.4. The second-order valence-corrected chi connectivity index (χ2v) is 7.62. The highest BCUT2D eigenvalue weighted by molar-refractivity contribution is 5.89. The Hall–Kier alpha value is -1.84. The van der Waals surface area contributed by atoms with Crippen molar-refractivity contribution in [2.24, 2.45) is 5.92 Å². The van der Waals surface area contributed by atoms with Gasteiger partial charge in [0.05, 0.1) is 0 Å². The first-order valence-electron chi connectivity index (χ1n) is 10.3. The summed E-state index contributed by atoms with van der Waals surface area (Å²) >= 11 is 0. The van der Waals surface area contributed by atoms with Crippen LogP contribution in [0.25, 0.3) is 0 Å². The summed E-state index contributed by atoms with van der Waals surface area (Å²) in [4.78, 5) is 29.3. The third kappa shape index (κ3) is 6.87. The number of unbranched alkanes of at least 4 members (excludes halogenated alkanes) is 1. The van der Waals surface area contributed by atoms with Crippen LogP contribution in [-0.4, -0.2) is 61.9 Å². The van der Waals surface area contributed by atoms with Crippen molar-refractivity contribution in [2.75, 3.05) is 50.8 Å². The Kier molecular flexibility index (Phi) is 9.69. The molecule has 1 aromatic heterocycles. The first kappa shape index (κ1) is 23.4. The molecule has 0 radical (unpaired) electrons. The molecule has 0 saturated heterocycles. The van der Waals surface area contributed by atoms with Gasteiger partial charge in [0.25, 0.3) is 0 Å². The summed E-state index contributed by atoms with van der Waals surface area (Å²) in [6, 6.07) is 0. The van der Waals surface area contributed by atoms with Gasteiger partial charge in [0, 0.05) is 33.7 Å². The molecule has 1 fully saturated rings. The molecule has 0 aromatic carbocycles. The highest BCUT2D eigenvalue weighted by Gasteiger charge is 2.28. The minimum absolute atomic E-state index is 0.0799. The molecular formula is C20H35N5O4.